The third-order valence-corrected chi connectivity index (χ3v) is 3.90. The molecule has 1 aliphatic rings. The minimum atomic E-state index is -0.315. The zero-order chi connectivity index (χ0) is 13.8. The van der Waals surface area contributed by atoms with E-state index in [1.807, 2.05) is 6.92 Å². The van der Waals surface area contributed by atoms with E-state index in [1.165, 1.54) is 18.9 Å². The Labute approximate surface area is 120 Å². The van der Waals surface area contributed by atoms with Crippen molar-refractivity contribution in [3.8, 4) is 0 Å². The summed E-state index contributed by atoms with van der Waals surface area (Å²) >= 11 is 3.16. The molecule has 104 valence electrons. The summed E-state index contributed by atoms with van der Waals surface area (Å²) in [6.07, 6.45) is 4.58. The molecule has 0 saturated heterocycles. The molecule has 0 radical (unpaired) electrons. The summed E-state index contributed by atoms with van der Waals surface area (Å²) in [5.41, 5.74) is 4.12. The van der Waals surface area contributed by atoms with Crippen LogP contribution in [0.25, 0.3) is 0 Å². The summed E-state index contributed by atoms with van der Waals surface area (Å²) in [5, 5.41) is 3.04. The van der Waals surface area contributed by atoms with Gasteiger partial charge in [-0.1, -0.05) is 12.8 Å². The van der Waals surface area contributed by atoms with Gasteiger partial charge in [0.1, 0.15) is 5.82 Å². The van der Waals surface area contributed by atoms with Crippen molar-refractivity contribution < 1.29 is 4.39 Å². The zero-order valence-corrected chi connectivity index (χ0v) is 12.4. The lowest BCUT2D eigenvalue weighted by Crippen LogP contribution is -2.37. The second-order valence-corrected chi connectivity index (χ2v) is 5.62. The highest BCUT2D eigenvalue weighted by molar-refractivity contribution is 9.10. The number of anilines is 1. The quantitative estimate of drug-likeness (QED) is 0.338. The highest BCUT2D eigenvalue weighted by Crippen LogP contribution is 2.24. The Morgan fingerprint density at radius 2 is 2.11 bits per heavy atom. The SMILES string of the molecule is Cc1cc(Br)c(F)cc1NC(=NC1CCCC1)NN. The predicted octanol–water partition coefficient (Wildman–Crippen LogP) is 3.07. The lowest BCUT2D eigenvalue weighted by molar-refractivity contribution is 0.621. The van der Waals surface area contributed by atoms with Crippen molar-refractivity contribution in [2.24, 2.45) is 10.8 Å². The van der Waals surface area contributed by atoms with Gasteiger partial charge in [0.2, 0.25) is 5.96 Å². The molecular formula is C13H18BrFN4. The first kappa shape index (κ1) is 14.3. The average molecular weight is 329 g/mol. The fourth-order valence-corrected chi connectivity index (χ4v) is 2.69. The second-order valence-electron chi connectivity index (χ2n) is 4.77. The van der Waals surface area contributed by atoms with Crippen LogP contribution in [-0.2, 0) is 0 Å². The van der Waals surface area contributed by atoms with Crippen molar-refractivity contribution in [2.75, 3.05) is 5.32 Å². The van der Waals surface area contributed by atoms with Crippen LogP contribution in [0, 0.1) is 12.7 Å². The Morgan fingerprint density at radius 3 is 2.74 bits per heavy atom. The Kier molecular flexibility index (Phi) is 4.76. The largest absolute Gasteiger partial charge is 0.325 e. The van der Waals surface area contributed by atoms with E-state index in [9.17, 15) is 4.39 Å². The third-order valence-electron chi connectivity index (χ3n) is 3.29. The van der Waals surface area contributed by atoms with E-state index in [1.54, 1.807) is 6.07 Å². The minimum Gasteiger partial charge on any atom is -0.325 e. The summed E-state index contributed by atoms with van der Waals surface area (Å²) in [6.45, 7) is 1.90. The van der Waals surface area contributed by atoms with Gasteiger partial charge < -0.3 is 5.32 Å². The summed E-state index contributed by atoms with van der Waals surface area (Å²) in [5.74, 6) is 5.64. The van der Waals surface area contributed by atoms with E-state index in [2.05, 4.69) is 31.7 Å². The number of nitrogens with one attached hydrogen (secondary N) is 2. The Hall–Kier alpha value is -1.14. The van der Waals surface area contributed by atoms with Crippen molar-refractivity contribution in [3.05, 3.63) is 28.0 Å². The van der Waals surface area contributed by atoms with Crippen LogP contribution in [-0.4, -0.2) is 12.0 Å². The molecule has 0 aliphatic heterocycles. The molecule has 4 nitrogen and oxygen atoms in total. The number of aryl methyl sites for hydroxylation is 1. The smallest absolute Gasteiger partial charge is 0.210 e. The van der Waals surface area contributed by atoms with Gasteiger partial charge >= 0.3 is 0 Å². The van der Waals surface area contributed by atoms with Crippen LogP contribution in [0.5, 0.6) is 0 Å². The molecule has 0 atom stereocenters. The lowest BCUT2D eigenvalue weighted by Gasteiger charge is -2.14. The van der Waals surface area contributed by atoms with Crippen molar-refractivity contribution in [1.29, 1.82) is 0 Å². The fraction of sp³-hybridized carbons (Fsp3) is 0.462. The van der Waals surface area contributed by atoms with Gasteiger partial charge in [-0.3, -0.25) is 5.43 Å². The first-order valence-electron chi connectivity index (χ1n) is 6.37. The standard InChI is InChI=1S/C13H18BrFN4/c1-8-6-10(14)11(15)7-12(8)18-13(19-16)17-9-4-2-3-5-9/h6-7,9H,2-5,16H2,1H3,(H2,17,18,19). The van der Waals surface area contributed by atoms with Gasteiger partial charge in [-0.25, -0.2) is 15.2 Å². The van der Waals surface area contributed by atoms with Crippen molar-refractivity contribution in [3.63, 3.8) is 0 Å². The van der Waals surface area contributed by atoms with Crippen molar-refractivity contribution in [1.82, 2.24) is 5.43 Å². The maximum Gasteiger partial charge on any atom is 0.210 e. The molecule has 0 unspecified atom stereocenters. The lowest BCUT2D eigenvalue weighted by atomic mass is 10.2. The van der Waals surface area contributed by atoms with E-state index < -0.39 is 0 Å². The number of hydrogen-bond acceptors (Lipinski definition) is 2. The molecule has 4 N–H and O–H groups in total. The number of hydrogen-bond donors (Lipinski definition) is 3. The molecule has 19 heavy (non-hydrogen) atoms. The fourth-order valence-electron chi connectivity index (χ4n) is 2.23. The van der Waals surface area contributed by atoms with Gasteiger partial charge in [0.15, 0.2) is 0 Å². The molecule has 2 rings (SSSR count). The van der Waals surface area contributed by atoms with Crippen LogP contribution in [0.2, 0.25) is 0 Å². The molecule has 0 spiro atoms. The van der Waals surface area contributed by atoms with E-state index >= 15 is 0 Å². The molecule has 6 heteroatoms. The van der Waals surface area contributed by atoms with Crippen molar-refractivity contribution in [2.45, 2.75) is 38.6 Å². The normalized spacial score (nSPS) is 16.7. The first-order valence-corrected chi connectivity index (χ1v) is 7.16. The molecule has 0 aromatic heterocycles. The van der Waals surface area contributed by atoms with Crippen LogP contribution in [0.15, 0.2) is 21.6 Å². The van der Waals surface area contributed by atoms with Gasteiger partial charge in [0.25, 0.3) is 0 Å². The first-order chi connectivity index (χ1) is 9.10. The van der Waals surface area contributed by atoms with E-state index in [-0.39, 0.29) is 5.82 Å². The van der Waals surface area contributed by atoms with Gasteiger partial charge in [-0.2, -0.15) is 0 Å². The highest BCUT2D eigenvalue weighted by atomic mass is 79.9. The van der Waals surface area contributed by atoms with Crippen LogP contribution in [0.1, 0.15) is 31.2 Å². The topological polar surface area (TPSA) is 62.4 Å². The number of guanidine groups is 1. The minimum absolute atomic E-state index is 0.305. The summed E-state index contributed by atoms with van der Waals surface area (Å²) in [7, 11) is 0. The van der Waals surface area contributed by atoms with Crippen LogP contribution >= 0.6 is 15.9 Å². The van der Waals surface area contributed by atoms with Crippen LogP contribution < -0.4 is 16.6 Å². The predicted molar refractivity (Wildman–Crippen MR) is 79.5 cm³/mol. The van der Waals surface area contributed by atoms with E-state index in [4.69, 9.17) is 5.84 Å². The molecule has 0 bridgehead atoms. The monoisotopic (exact) mass is 328 g/mol. The summed E-state index contributed by atoms with van der Waals surface area (Å²) in [4.78, 5) is 4.52. The zero-order valence-electron chi connectivity index (χ0n) is 10.8. The molecular weight excluding hydrogens is 311 g/mol. The number of aliphatic imine (C=N–C) groups is 1. The molecule has 1 aliphatic carbocycles. The number of nitrogens with two attached hydrogens (primary N) is 1. The molecule has 0 heterocycles. The van der Waals surface area contributed by atoms with Gasteiger partial charge in [0, 0.05) is 5.69 Å². The van der Waals surface area contributed by atoms with E-state index in [0.717, 1.165) is 18.4 Å². The molecule has 1 fully saturated rings. The molecule has 1 aromatic rings. The number of halogens is 2. The Bertz CT molecular complexity index is 484. The Morgan fingerprint density at radius 1 is 1.42 bits per heavy atom. The van der Waals surface area contributed by atoms with Crippen molar-refractivity contribution >= 4 is 27.6 Å². The average Bonchev–Trinajstić information content (AvgIpc) is 2.87. The van der Waals surface area contributed by atoms with Gasteiger partial charge in [-0.05, 0) is 53.4 Å². The second kappa shape index (κ2) is 6.34. The summed E-state index contributed by atoms with van der Waals surface area (Å²) < 4.78 is 14.0. The number of benzene rings is 1. The van der Waals surface area contributed by atoms with Crippen LogP contribution in [0.3, 0.4) is 0 Å². The Balaban J connectivity index is 2.15. The molecule has 1 saturated carbocycles. The molecule has 1 aromatic carbocycles. The van der Waals surface area contributed by atoms with Crippen LogP contribution in [0.4, 0.5) is 10.1 Å². The van der Waals surface area contributed by atoms with Gasteiger partial charge in [-0.15, -0.1) is 0 Å². The number of nitrogens with zero attached hydrogens (tertiary/aromatic N) is 1. The van der Waals surface area contributed by atoms with Gasteiger partial charge in [0.05, 0.1) is 10.5 Å². The maximum atomic E-state index is 13.5. The van der Waals surface area contributed by atoms with E-state index in [0.29, 0.717) is 22.2 Å². The molecule has 0 amide bonds. The summed E-state index contributed by atoms with van der Waals surface area (Å²) in [6, 6.07) is 3.46. The third kappa shape index (κ3) is 3.67. The highest BCUT2D eigenvalue weighted by Gasteiger charge is 2.15. The number of rotatable bonds is 2. The number of hydrazine groups is 1. The maximum absolute atomic E-state index is 13.5.